The zero-order valence-corrected chi connectivity index (χ0v) is 16.1. The smallest absolute Gasteiger partial charge is 0.214 e. The molecule has 2 aromatic rings. The minimum Gasteiger partial charge on any atom is -0.378 e. The van der Waals surface area contributed by atoms with Crippen molar-refractivity contribution >= 4 is 21.4 Å². The van der Waals surface area contributed by atoms with Crippen molar-refractivity contribution in [3.63, 3.8) is 0 Å². The van der Waals surface area contributed by atoms with E-state index < -0.39 is 0 Å². The Labute approximate surface area is 142 Å². The van der Waals surface area contributed by atoms with E-state index in [2.05, 4.69) is 59.7 Å². The maximum atomic E-state index is 5.85. The second kappa shape index (κ2) is 5.45. The van der Waals surface area contributed by atoms with Crippen molar-refractivity contribution < 1.29 is 4.74 Å². The van der Waals surface area contributed by atoms with E-state index in [1.807, 2.05) is 4.52 Å². The van der Waals surface area contributed by atoms with E-state index in [-0.39, 0.29) is 10.8 Å². The van der Waals surface area contributed by atoms with Crippen molar-refractivity contribution in [2.24, 2.45) is 5.41 Å². The lowest BCUT2D eigenvalue weighted by molar-refractivity contribution is -0.104. The maximum Gasteiger partial charge on any atom is 0.214 e. The summed E-state index contributed by atoms with van der Waals surface area (Å²) in [5.41, 5.74) is 1.29. The molecule has 23 heavy (non-hydrogen) atoms. The van der Waals surface area contributed by atoms with Gasteiger partial charge in [-0.1, -0.05) is 46.0 Å². The molecule has 0 spiro atoms. The van der Waals surface area contributed by atoms with Crippen LogP contribution in [0.25, 0.3) is 4.96 Å². The largest absolute Gasteiger partial charge is 0.378 e. The highest BCUT2D eigenvalue weighted by Crippen LogP contribution is 2.47. The summed E-state index contributed by atoms with van der Waals surface area (Å²) in [6.45, 7) is 14.0. The molecule has 0 aliphatic heterocycles. The van der Waals surface area contributed by atoms with Gasteiger partial charge in [0.1, 0.15) is 0 Å². The van der Waals surface area contributed by atoms with E-state index in [1.54, 1.807) is 11.3 Å². The minimum absolute atomic E-state index is 0.0557. The Kier molecular flexibility index (Phi) is 3.96. The average Bonchev–Trinajstić information content (AvgIpc) is 3.00. The lowest BCUT2D eigenvalue weighted by Crippen LogP contribution is -2.61. The van der Waals surface area contributed by atoms with Crippen molar-refractivity contribution in [1.29, 1.82) is 0 Å². The summed E-state index contributed by atoms with van der Waals surface area (Å²) >= 11 is 1.66. The molecule has 0 bridgehead atoms. The van der Waals surface area contributed by atoms with Crippen LogP contribution in [-0.2, 0) is 10.2 Å². The van der Waals surface area contributed by atoms with Crippen molar-refractivity contribution in [3.8, 4) is 0 Å². The van der Waals surface area contributed by atoms with Gasteiger partial charge in [-0.15, -0.1) is 5.10 Å². The number of rotatable bonds is 4. The van der Waals surface area contributed by atoms with Crippen LogP contribution in [0.1, 0.15) is 53.7 Å². The van der Waals surface area contributed by atoms with E-state index >= 15 is 0 Å². The SMILES string of the molecule is CCO[C@H]1C[C@H](N(C)c2nn3cc(C(C)(C)C)nc3s2)C1(C)C. The van der Waals surface area contributed by atoms with Crippen LogP contribution >= 0.6 is 11.3 Å². The monoisotopic (exact) mass is 336 g/mol. The molecule has 128 valence electrons. The molecule has 3 rings (SSSR count). The third kappa shape index (κ3) is 2.76. The minimum atomic E-state index is 0.0557. The van der Waals surface area contributed by atoms with Gasteiger partial charge in [0.05, 0.1) is 18.0 Å². The Morgan fingerprint density at radius 3 is 2.65 bits per heavy atom. The second-order valence-electron chi connectivity index (χ2n) is 8.12. The third-order valence-electron chi connectivity index (χ3n) is 5.06. The van der Waals surface area contributed by atoms with E-state index in [4.69, 9.17) is 14.8 Å². The Bertz CT molecular complexity index is 666. The number of anilines is 1. The van der Waals surface area contributed by atoms with Gasteiger partial charge in [-0.3, -0.25) is 0 Å². The summed E-state index contributed by atoms with van der Waals surface area (Å²) < 4.78 is 7.76. The number of ether oxygens (including phenoxy) is 1. The van der Waals surface area contributed by atoms with Gasteiger partial charge in [0.2, 0.25) is 10.1 Å². The zero-order chi connectivity index (χ0) is 17.0. The predicted octanol–water partition coefficient (Wildman–Crippen LogP) is 3.73. The summed E-state index contributed by atoms with van der Waals surface area (Å²) in [7, 11) is 2.14. The molecule has 2 atom stereocenters. The fourth-order valence-corrected chi connectivity index (χ4v) is 4.23. The van der Waals surface area contributed by atoms with Gasteiger partial charge in [0, 0.05) is 30.5 Å². The number of aromatic nitrogens is 3. The molecule has 0 amide bonds. The highest BCUT2D eigenvalue weighted by molar-refractivity contribution is 7.20. The standard InChI is InChI=1S/C17H28N4OS/c1-8-22-13-9-12(17(13,5)6)20(7)15-19-21-10-11(16(2,3)4)18-14(21)23-15/h10,12-13H,8-9H2,1-7H3/t12-,13-/m0/s1. The number of imidazole rings is 1. The molecule has 2 aromatic heterocycles. The van der Waals surface area contributed by atoms with Crippen LogP contribution in [0.4, 0.5) is 5.13 Å². The first-order chi connectivity index (χ1) is 10.6. The number of fused-ring (bicyclic) bond motifs is 1. The third-order valence-corrected chi connectivity index (χ3v) is 6.08. The van der Waals surface area contributed by atoms with E-state index in [0.717, 1.165) is 28.8 Å². The maximum absolute atomic E-state index is 5.85. The molecule has 0 aromatic carbocycles. The first-order valence-electron chi connectivity index (χ1n) is 8.35. The number of hydrogen-bond acceptors (Lipinski definition) is 5. The summed E-state index contributed by atoms with van der Waals surface area (Å²) in [5, 5.41) is 5.77. The van der Waals surface area contributed by atoms with Gasteiger partial charge in [-0.05, 0) is 13.3 Å². The first-order valence-corrected chi connectivity index (χ1v) is 9.17. The Morgan fingerprint density at radius 2 is 2.13 bits per heavy atom. The molecule has 0 saturated heterocycles. The molecule has 6 heteroatoms. The number of hydrogen-bond donors (Lipinski definition) is 0. The van der Waals surface area contributed by atoms with Gasteiger partial charge in [0.15, 0.2) is 0 Å². The molecule has 1 saturated carbocycles. The molecular formula is C17H28N4OS. The van der Waals surface area contributed by atoms with Gasteiger partial charge in [-0.2, -0.15) is 0 Å². The van der Waals surface area contributed by atoms with E-state index in [1.165, 1.54) is 0 Å². The first kappa shape index (κ1) is 16.7. The Hall–Kier alpha value is -1.14. The summed E-state index contributed by atoms with van der Waals surface area (Å²) in [4.78, 5) is 8.00. The highest BCUT2D eigenvalue weighted by atomic mass is 32.1. The lowest BCUT2D eigenvalue weighted by atomic mass is 9.64. The molecule has 0 radical (unpaired) electrons. The summed E-state index contributed by atoms with van der Waals surface area (Å²) in [5.74, 6) is 0. The molecule has 5 nitrogen and oxygen atoms in total. The molecule has 1 fully saturated rings. The van der Waals surface area contributed by atoms with Crippen LogP contribution in [0.15, 0.2) is 6.20 Å². The summed E-state index contributed by atoms with van der Waals surface area (Å²) in [6, 6.07) is 0.456. The molecular weight excluding hydrogens is 308 g/mol. The van der Waals surface area contributed by atoms with Gasteiger partial charge in [-0.25, -0.2) is 9.50 Å². The van der Waals surface area contributed by atoms with Crippen LogP contribution in [0.3, 0.4) is 0 Å². The van der Waals surface area contributed by atoms with Gasteiger partial charge < -0.3 is 9.64 Å². The summed E-state index contributed by atoms with van der Waals surface area (Å²) in [6.07, 6.45) is 3.46. The fraction of sp³-hybridized carbons (Fsp3) is 0.765. The molecule has 1 aliphatic carbocycles. The lowest BCUT2D eigenvalue weighted by Gasteiger charge is -2.54. The van der Waals surface area contributed by atoms with Crippen molar-refractivity contribution in [2.45, 2.75) is 65.5 Å². The fourth-order valence-electron chi connectivity index (χ4n) is 3.33. The van der Waals surface area contributed by atoms with E-state index in [9.17, 15) is 0 Å². The molecule has 2 heterocycles. The van der Waals surface area contributed by atoms with Crippen LogP contribution < -0.4 is 4.90 Å². The predicted molar refractivity (Wildman–Crippen MR) is 95.6 cm³/mol. The average molecular weight is 337 g/mol. The highest BCUT2D eigenvalue weighted by Gasteiger charge is 2.51. The van der Waals surface area contributed by atoms with Crippen molar-refractivity contribution in [2.75, 3.05) is 18.6 Å². The van der Waals surface area contributed by atoms with Gasteiger partial charge >= 0.3 is 0 Å². The zero-order valence-electron chi connectivity index (χ0n) is 15.3. The molecule has 1 aliphatic rings. The Balaban J connectivity index is 1.80. The normalized spacial score (nSPS) is 24.0. The van der Waals surface area contributed by atoms with Crippen LogP contribution in [-0.4, -0.2) is 40.4 Å². The Morgan fingerprint density at radius 1 is 1.43 bits per heavy atom. The van der Waals surface area contributed by atoms with E-state index in [0.29, 0.717) is 12.1 Å². The van der Waals surface area contributed by atoms with Crippen molar-refractivity contribution in [1.82, 2.24) is 14.6 Å². The molecule has 0 unspecified atom stereocenters. The van der Waals surface area contributed by atoms with Gasteiger partial charge in [0.25, 0.3) is 0 Å². The molecule has 0 N–H and O–H groups in total. The second-order valence-corrected chi connectivity index (χ2v) is 9.05. The van der Waals surface area contributed by atoms with Crippen LogP contribution in [0, 0.1) is 5.41 Å². The van der Waals surface area contributed by atoms with Crippen LogP contribution in [0.2, 0.25) is 0 Å². The van der Waals surface area contributed by atoms with Crippen molar-refractivity contribution in [3.05, 3.63) is 11.9 Å². The van der Waals surface area contributed by atoms with Crippen LogP contribution in [0.5, 0.6) is 0 Å². The quantitative estimate of drug-likeness (QED) is 0.853. The topological polar surface area (TPSA) is 42.7 Å². The number of nitrogens with zero attached hydrogens (tertiary/aromatic N) is 4.